The number of hydrogen-bond donors (Lipinski definition) is 1. The maximum atomic E-state index is 12.5. The molecule has 5 heteroatoms. The highest BCUT2D eigenvalue weighted by Gasteiger charge is 2.17. The molecule has 5 nitrogen and oxygen atoms in total. The molecule has 1 amide bonds. The maximum Gasteiger partial charge on any atom is 0.278 e. The third-order valence-electron chi connectivity index (χ3n) is 3.05. The van der Waals surface area contributed by atoms with Crippen molar-refractivity contribution in [2.75, 3.05) is 23.8 Å². The highest BCUT2D eigenvalue weighted by molar-refractivity contribution is 6.04. The minimum atomic E-state index is -0.147. The van der Waals surface area contributed by atoms with Crippen LogP contribution < -0.4 is 10.2 Å². The number of rotatable bonds is 4. The maximum absolute atomic E-state index is 12.5. The van der Waals surface area contributed by atoms with Crippen LogP contribution in [0.15, 0.2) is 36.4 Å². The van der Waals surface area contributed by atoms with Crippen molar-refractivity contribution in [3.63, 3.8) is 0 Å². The van der Waals surface area contributed by atoms with Crippen molar-refractivity contribution in [1.29, 1.82) is 0 Å². The van der Waals surface area contributed by atoms with Crippen LogP contribution in [0.4, 0.5) is 11.5 Å². The first-order valence-corrected chi connectivity index (χ1v) is 6.55. The number of nitrogens with one attached hydrogen (secondary N) is 1. The molecule has 0 radical (unpaired) electrons. The molecule has 0 spiro atoms. The summed E-state index contributed by atoms with van der Waals surface area (Å²) in [4.78, 5) is 14.1. The lowest BCUT2D eigenvalue weighted by Crippen LogP contribution is -2.31. The second kappa shape index (κ2) is 6.14. The van der Waals surface area contributed by atoms with Crippen molar-refractivity contribution in [2.24, 2.45) is 0 Å². The number of nitrogens with zero attached hydrogens (tertiary/aromatic N) is 3. The summed E-state index contributed by atoms with van der Waals surface area (Å²) in [5.41, 5.74) is 2.37. The van der Waals surface area contributed by atoms with E-state index in [2.05, 4.69) is 15.5 Å². The molecule has 0 atom stereocenters. The van der Waals surface area contributed by atoms with Crippen molar-refractivity contribution in [3.05, 3.63) is 47.7 Å². The number of amides is 1. The fourth-order valence-corrected chi connectivity index (χ4v) is 1.89. The summed E-state index contributed by atoms with van der Waals surface area (Å²) < 4.78 is 0. The van der Waals surface area contributed by atoms with E-state index in [0.717, 1.165) is 11.3 Å². The standard InChI is InChI=1S/C15H18N4O/c1-4-19(12-7-5-11(2)6-8-12)15(20)13-9-10-14(16-3)18-17-13/h5-10H,4H2,1-3H3,(H,16,18). The molecule has 2 aromatic rings. The van der Waals surface area contributed by atoms with Crippen molar-refractivity contribution >= 4 is 17.4 Å². The van der Waals surface area contributed by atoms with Crippen LogP contribution >= 0.6 is 0 Å². The molecule has 0 unspecified atom stereocenters. The summed E-state index contributed by atoms with van der Waals surface area (Å²) in [6, 6.07) is 11.3. The molecule has 1 heterocycles. The molecule has 1 N–H and O–H groups in total. The predicted molar refractivity (Wildman–Crippen MR) is 80.1 cm³/mol. The van der Waals surface area contributed by atoms with Crippen LogP contribution in [0.25, 0.3) is 0 Å². The molecule has 0 saturated carbocycles. The number of aromatic nitrogens is 2. The van der Waals surface area contributed by atoms with Crippen LogP contribution in [0.1, 0.15) is 23.0 Å². The average molecular weight is 270 g/mol. The molecular weight excluding hydrogens is 252 g/mol. The van der Waals surface area contributed by atoms with Gasteiger partial charge in [0.1, 0.15) is 5.82 Å². The van der Waals surface area contributed by atoms with Crippen molar-refractivity contribution < 1.29 is 4.79 Å². The fourth-order valence-electron chi connectivity index (χ4n) is 1.89. The Kier molecular flexibility index (Phi) is 4.30. The molecule has 0 aliphatic rings. The summed E-state index contributed by atoms with van der Waals surface area (Å²) in [5, 5.41) is 10.8. The Hall–Kier alpha value is -2.43. The Balaban J connectivity index is 2.26. The number of carbonyl (C=O) groups is 1. The smallest absolute Gasteiger partial charge is 0.278 e. The third-order valence-corrected chi connectivity index (χ3v) is 3.05. The Morgan fingerprint density at radius 3 is 2.35 bits per heavy atom. The lowest BCUT2D eigenvalue weighted by atomic mass is 10.2. The van der Waals surface area contributed by atoms with E-state index in [4.69, 9.17) is 0 Å². The minimum absolute atomic E-state index is 0.147. The molecule has 0 aliphatic heterocycles. The normalized spacial score (nSPS) is 10.2. The molecule has 20 heavy (non-hydrogen) atoms. The number of carbonyl (C=O) groups excluding carboxylic acids is 1. The molecule has 0 saturated heterocycles. The topological polar surface area (TPSA) is 58.1 Å². The molecule has 104 valence electrons. The SMILES string of the molecule is CCN(C(=O)c1ccc(NC)nn1)c1ccc(C)cc1. The Morgan fingerprint density at radius 2 is 1.85 bits per heavy atom. The van der Waals surface area contributed by atoms with Crippen LogP contribution in [-0.2, 0) is 0 Å². The summed E-state index contributed by atoms with van der Waals surface area (Å²) in [6.45, 7) is 4.54. The van der Waals surface area contributed by atoms with E-state index in [1.807, 2.05) is 38.1 Å². The van der Waals surface area contributed by atoms with Crippen molar-refractivity contribution in [3.8, 4) is 0 Å². The number of anilines is 2. The van der Waals surface area contributed by atoms with Gasteiger partial charge in [-0.05, 0) is 38.1 Å². The molecule has 0 aliphatic carbocycles. The molecule has 1 aromatic carbocycles. The first kappa shape index (κ1) is 14.0. The van der Waals surface area contributed by atoms with E-state index in [-0.39, 0.29) is 5.91 Å². The number of benzene rings is 1. The van der Waals surface area contributed by atoms with Crippen molar-refractivity contribution in [2.45, 2.75) is 13.8 Å². The van der Waals surface area contributed by atoms with E-state index < -0.39 is 0 Å². The predicted octanol–water partition coefficient (Wildman–Crippen LogP) is 2.49. The van der Waals surface area contributed by atoms with Gasteiger partial charge in [-0.2, -0.15) is 0 Å². The Labute approximate surface area is 118 Å². The fraction of sp³-hybridized carbons (Fsp3) is 0.267. The zero-order valence-corrected chi connectivity index (χ0v) is 11.9. The third kappa shape index (κ3) is 2.93. The zero-order chi connectivity index (χ0) is 14.5. The molecule has 0 bridgehead atoms. The van der Waals surface area contributed by atoms with Gasteiger partial charge in [-0.3, -0.25) is 4.79 Å². The molecule has 2 rings (SSSR count). The minimum Gasteiger partial charge on any atom is -0.372 e. The van der Waals surface area contributed by atoms with Gasteiger partial charge in [0.25, 0.3) is 5.91 Å². The lowest BCUT2D eigenvalue weighted by molar-refractivity contribution is 0.0982. The first-order valence-electron chi connectivity index (χ1n) is 6.55. The van der Waals surface area contributed by atoms with Gasteiger partial charge in [0.2, 0.25) is 0 Å². The summed E-state index contributed by atoms with van der Waals surface area (Å²) in [5.74, 6) is 0.492. The number of hydrogen-bond acceptors (Lipinski definition) is 4. The zero-order valence-electron chi connectivity index (χ0n) is 11.9. The van der Waals surface area contributed by atoms with E-state index in [0.29, 0.717) is 18.1 Å². The van der Waals surface area contributed by atoms with Gasteiger partial charge in [0.15, 0.2) is 5.69 Å². The van der Waals surface area contributed by atoms with E-state index in [1.165, 1.54) is 0 Å². The van der Waals surface area contributed by atoms with Gasteiger partial charge in [0, 0.05) is 19.3 Å². The highest BCUT2D eigenvalue weighted by atomic mass is 16.2. The molecule has 1 aromatic heterocycles. The highest BCUT2D eigenvalue weighted by Crippen LogP contribution is 2.17. The van der Waals surface area contributed by atoms with E-state index in [1.54, 1.807) is 24.1 Å². The summed E-state index contributed by atoms with van der Waals surface area (Å²) >= 11 is 0. The Bertz CT molecular complexity index is 578. The van der Waals surface area contributed by atoms with Crippen molar-refractivity contribution in [1.82, 2.24) is 10.2 Å². The van der Waals surface area contributed by atoms with Crippen LogP contribution in [0, 0.1) is 6.92 Å². The van der Waals surface area contributed by atoms with Gasteiger partial charge < -0.3 is 10.2 Å². The van der Waals surface area contributed by atoms with Crippen LogP contribution in [0.2, 0.25) is 0 Å². The van der Waals surface area contributed by atoms with E-state index in [9.17, 15) is 4.79 Å². The van der Waals surface area contributed by atoms with Gasteiger partial charge in [-0.25, -0.2) is 0 Å². The second-order valence-electron chi connectivity index (χ2n) is 4.44. The number of aryl methyl sites for hydroxylation is 1. The van der Waals surface area contributed by atoms with E-state index >= 15 is 0 Å². The average Bonchev–Trinajstić information content (AvgIpc) is 2.50. The van der Waals surface area contributed by atoms with Crippen LogP contribution in [-0.4, -0.2) is 29.7 Å². The molecular formula is C15H18N4O. The quantitative estimate of drug-likeness (QED) is 0.927. The largest absolute Gasteiger partial charge is 0.372 e. The molecule has 0 fully saturated rings. The second-order valence-corrected chi connectivity index (χ2v) is 4.44. The van der Waals surface area contributed by atoms with Gasteiger partial charge in [0.05, 0.1) is 0 Å². The summed E-state index contributed by atoms with van der Waals surface area (Å²) in [6.07, 6.45) is 0. The monoisotopic (exact) mass is 270 g/mol. The van der Waals surface area contributed by atoms with Gasteiger partial charge in [-0.15, -0.1) is 10.2 Å². The van der Waals surface area contributed by atoms with Crippen LogP contribution in [0.3, 0.4) is 0 Å². The Morgan fingerprint density at radius 1 is 1.15 bits per heavy atom. The first-order chi connectivity index (χ1) is 9.65. The lowest BCUT2D eigenvalue weighted by Gasteiger charge is -2.20. The van der Waals surface area contributed by atoms with Gasteiger partial charge in [-0.1, -0.05) is 17.7 Å². The van der Waals surface area contributed by atoms with Gasteiger partial charge >= 0.3 is 0 Å². The van der Waals surface area contributed by atoms with Crippen LogP contribution in [0.5, 0.6) is 0 Å². The summed E-state index contributed by atoms with van der Waals surface area (Å²) in [7, 11) is 1.76.